The molecule has 2 unspecified atom stereocenters. The van der Waals surface area contributed by atoms with E-state index in [-0.39, 0.29) is 12.5 Å². The standard InChI is InChI=1S/C63H119NO3/c1-3-5-7-9-11-13-15-17-19-21-23-25-27-29-30-31-32-33-35-36-38-40-42-44-46-48-50-52-54-56-58-62(66)61(60-65)64-63(67)59-57-55-53-51-49-47-45-43-41-39-37-34-28-26-24-22-20-18-16-14-12-10-8-6-4-2/h16,18,22,24,28,34,56,58,61-62,65-66H,3-15,17,19-21,23,25-27,29-33,35-55,57,59-60H2,1-2H3,(H,64,67)/b18-16-,24-22-,34-28-,58-56+. The van der Waals surface area contributed by atoms with Gasteiger partial charge >= 0.3 is 0 Å². The van der Waals surface area contributed by atoms with Gasteiger partial charge in [0.15, 0.2) is 0 Å². The quantitative estimate of drug-likeness (QED) is 0.0420. The molecule has 0 fully saturated rings. The maximum Gasteiger partial charge on any atom is 0.220 e. The molecule has 0 aromatic heterocycles. The molecular formula is C63H119NO3. The van der Waals surface area contributed by atoms with Gasteiger partial charge in [-0.3, -0.25) is 4.79 Å². The summed E-state index contributed by atoms with van der Waals surface area (Å²) in [5.41, 5.74) is 0. The number of carbonyl (C=O) groups excluding carboxylic acids is 1. The van der Waals surface area contributed by atoms with Gasteiger partial charge in [0.05, 0.1) is 18.8 Å². The van der Waals surface area contributed by atoms with Crippen LogP contribution in [0.1, 0.15) is 328 Å². The van der Waals surface area contributed by atoms with Crippen LogP contribution < -0.4 is 5.32 Å². The van der Waals surface area contributed by atoms with Crippen LogP contribution in [0.4, 0.5) is 0 Å². The third-order valence-electron chi connectivity index (χ3n) is 14.1. The molecule has 0 saturated carbocycles. The number of amides is 1. The van der Waals surface area contributed by atoms with Crippen LogP contribution in [-0.4, -0.2) is 34.9 Å². The molecule has 2 atom stereocenters. The van der Waals surface area contributed by atoms with Crippen molar-refractivity contribution >= 4 is 5.91 Å². The number of hydrogen-bond acceptors (Lipinski definition) is 3. The van der Waals surface area contributed by atoms with Gasteiger partial charge in [-0.1, -0.05) is 313 Å². The molecular weight excluding hydrogens is 819 g/mol. The van der Waals surface area contributed by atoms with E-state index in [4.69, 9.17) is 0 Å². The van der Waals surface area contributed by atoms with E-state index in [0.29, 0.717) is 6.42 Å². The van der Waals surface area contributed by atoms with Crippen molar-refractivity contribution in [1.29, 1.82) is 0 Å². The Morgan fingerprint density at radius 1 is 0.358 bits per heavy atom. The average molecular weight is 939 g/mol. The van der Waals surface area contributed by atoms with Gasteiger partial charge in [-0.2, -0.15) is 0 Å². The molecule has 0 rings (SSSR count). The molecule has 1 amide bonds. The SMILES string of the molecule is CCCCCCC/C=C\C/C=C\C/C=C\CCCCCCCCCCCCC(=O)NC(CO)C(O)/C=C/CCCCCCCCCCCCCCCCCCCCCCCCCCCCCC. The normalized spacial score (nSPS) is 13.1. The first kappa shape index (κ1) is 65.3. The molecule has 394 valence electrons. The summed E-state index contributed by atoms with van der Waals surface area (Å²) in [4.78, 5) is 12.5. The number of hydrogen-bond donors (Lipinski definition) is 3. The summed E-state index contributed by atoms with van der Waals surface area (Å²) in [7, 11) is 0. The Labute approximate surface area is 420 Å². The van der Waals surface area contributed by atoms with Crippen molar-refractivity contribution in [2.75, 3.05) is 6.61 Å². The highest BCUT2D eigenvalue weighted by atomic mass is 16.3. The fraction of sp³-hybridized carbons (Fsp3) is 0.857. The highest BCUT2D eigenvalue weighted by Gasteiger charge is 2.18. The molecule has 0 radical (unpaired) electrons. The second-order valence-corrected chi connectivity index (χ2v) is 20.8. The third-order valence-corrected chi connectivity index (χ3v) is 14.1. The molecule has 3 N–H and O–H groups in total. The lowest BCUT2D eigenvalue weighted by Gasteiger charge is -2.20. The summed E-state index contributed by atoms with van der Waals surface area (Å²) in [6.07, 6.45) is 81.5. The van der Waals surface area contributed by atoms with Crippen LogP contribution in [0.5, 0.6) is 0 Å². The van der Waals surface area contributed by atoms with Crippen LogP contribution in [0.25, 0.3) is 0 Å². The zero-order valence-electron chi connectivity index (χ0n) is 45.4. The summed E-state index contributed by atoms with van der Waals surface area (Å²) < 4.78 is 0. The highest BCUT2D eigenvalue weighted by Crippen LogP contribution is 2.18. The van der Waals surface area contributed by atoms with E-state index in [1.54, 1.807) is 6.08 Å². The van der Waals surface area contributed by atoms with Crippen LogP contribution in [0, 0.1) is 0 Å². The van der Waals surface area contributed by atoms with E-state index in [1.165, 1.54) is 270 Å². The molecule has 0 heterocycles. The molecule has 4 heteroatoms. The smallest absolute Gasteiger partial charge is 0.220 e. The lowest BCUT2D eigenvalue weighted by atomic mass is 10.0. The lowest BCUT2D eigenvalue weighted by molar-refractivity contribution is -0.123. The van der Waals surface area contributed by atoms with Crippen LogP contribution in [-0.2, 0) is 4.79 Å². The second-order valence-electron chi connectivity index (χ2n) is 20.8. The maximum absolute atomic E-state index is 12.5. The maximum atomic E-state index is 12.5. The molecule has 0 saturated heterocycles. The first-order valence-corrected chi connectivity index (χ1v) is 30.4. The lowest BCUT2D eigenvalue weighted by Crippen LogP contribution is -2.45. The van der Waals surface area contributed by atoms with Crippen molar-refractivity contribution in [1.82, 2.24) is 5.32 Å². The average Bonchev–Trinajstić information content (AvgIpc) is 3.33. The Hall–Kier alpha value is -1.65. The van der Waals surface area contributed by atoms with E-state index in [1.807, 2.05) is 6.08 Å². The molecule has 0 aliphatic rings. The van der Waals surface area contributed by atoms with Gasteiger partial charge in [-0.15, -0.1) is 0 Å². The minimum Gasteiger partial charge on any atom is -0.394 e. The Bertz CT molecular complexity index is 1060. The summed E-state index contributed by atoms with van der Waals surface area (Å²) in [5.74, 6) is -0.0648. The molecule has 0 bridgehead atoms. The Morgan fingerprint density at radius 3 is 0.910 bits per heavy atom. The predicted molar refractivity (Wildman–Crippen MR) is 299 cm³/mol. The van der Waals surface area contributed by atoms with Crippen molar-refractivity contribution in [3.05, 3.63) is 48.6 Å². The largest absolute Gasteiger partial charge is 0.394 e. The van der Waals surface area contributed by atoms with Crippen LogP contribution >= 0.6 is 0 Å². The topological polar surface area (TPSA) is 69.6 Å². The number of nitrogens with one attached hydrogen (secondary N) is 1. The van der Waals surface area contributed by atoms with Gasteiger partial charge in [0.1, 0.15) is 0 Å². The van der Waals surface area contributed by atoms with Crippen LogP contribution in [0.3, 0.4) is 0 Å². The molecule has 0 aliphatic carbocycles. The fourth-order valence-electron chi connectivity index (χ4n) is 9.42. The fourth-order valence-corrected chi connectivity index (χ4v) is 9.42. The summed E-state index contributed by atoms with van der Waals surface area (Å²) in [6.45, 7) is 4.33. The van der Waals surface area contributed by atoms with E-state index < -0.39 is 12.1 Å². The van der Waals surface area contributed by atoms with E-state index >= 15 is 0 Å². The summed E-state index contributed by atoms with van der Waals surface area (Å²) in [5, 5.41) is 23.2. The first-order valence-electron chi connectivity index (χ1n) is 30.4. The monoisotopic (exact) mass is 938 g/mol. The Morgan fingerprint density at radius 2 is 0.612 bits per heavy atom. The van der Waals surface area contributed by atoms with Gasteiger partial charge in [0.2, 0.25) is 5.91 Å². The second kappa shape index (κ2) is 58.7. The van der Waals surface area contributed by atoms with Crippen molar-refractivity contribution in [3.63, 3.8) is 0 Å². The zero-order valence-corrected chi connectivity index (χ0v) is 45.4. The number of aliphatic hydroxyl groups is 2. The summed E-state index contributed by atoms with van der Waals surface area (Å²) >= 11 is 0. The number of rotatable bonds is 56. The third kappa shape index (κ3) is 55.2. The van der Waals surface area contributed by atoms with Gasteiger partial charge < -0.3 is 15.5 Å². The molecule has 0 aromatic rings. The van der Waals surface area contributed by atoms with Crippen LogP contribution in [0.15, 0.2) is 48.6 Å². The predicted octanol–water partition coefficient (Wildman–Crippen LogP) is 20.2. The minimum atomic E-state index is -0.844. The Balaban J connectivity index is 3.48. The van der Waals surface area contributed by atoms with E-state index in [0.717, 1.165) is 38.5 Å². The summed E-state index contributed by atoms with van der Waals surface area (Å²) in [6, 6.07) is -0.627. The van der Waals surface area contributed by atoms with Crippen molar-refractivity contribution in [2.45, 2.75) is 341 Å². The molecule has 0 spiro atoms. The van der Waals surface area contributed by atoms with Gasteiger partial charge in [0.25, 0.3) is 0 Å². The Kier molecular flexibility index (Phi) is 57.2. The number of carbonyl (C=O) groups is 1. The van der Waals surface area contributed by atoms with E-state index in [2.05, 4.69) is 55.6 Å². The first-order chi connectivity index (χ1) is 33.2. The molecule has 67 heavy (non-hydrogen) atoms. The number of allylic oxidation sites excluding steroid dienone is 7. The molecule has 4 nitrogen and oxygen atoms in total. The van der Waals surface area contributed by atoms with Crippen molar-refractivity contribution < 1.29 is 15.0 Å². The van der Waals surface area contributed by atoms with Gasteiger partial charge in [-0.05, 0) is 57.8 Å². The van der Waals surface area contributed by atoms with E-state index in [9.17, 15) is 15.0 Å². The molecule has 0 aliphatic heterocycles. The van der Waals surface area contributed by atoms with Crippen molar-refractivity contribution in [3.8, 4) is 0 Å². The van der Waals surface area contributed by atoms with Crippen LogP contribution in [0.2, 0.25) is 0 Å². The van der Waals surface area contributed by atoms with Gasteiger partial charge in [0, 0.05) is 6.42 Å². The highest BCUT2D eigenvalue weighted by molar-refractivity contribution is 5.76. The van der Waals surface area contributed by atoms with Crippen molar-refractivity contribution in [2.24, 2.45) is 0 Å². The minimum absolute atomic E-state index is 0.0648. The number of unbranched alkanes of at least 4 members (excludes halogenated alkanes) is 43. The zero-order chi connectivity index (χ0) is 48.5. The molecule has 0 aromatic carbocycles. The van der Waals surface area contributed by atoms with Gasteiger partial charge in [-0.25, -0.2) is 0 Å². The number of aliphatic hydroxyl groups excluding tert-OH is 2.